The lowest BCUT2D eigenvalue weighted by Crippen LogP contribution is -2.46. The first-order valence-corrected chi connectivity index (χ1v) is 6.97. The summed E-state index contributed by atoms with van der Waals surface area (Å²) in [6.07, 6.45) is 3.51. The van der Waals surface area contributed by atoms with Gasteiger partial charge in [-0.2, -0.15) is 0 Å². The lowest BCUT2D eigenvalue weighted by Gasteiger charge is -2.26. The van der Waals surface area contributed by atoms with Gasteiger partial charge in [0.05, 0.1) is 6.04 Å². The van der Waals surface area contributed by atoms with Crippen LogP contribution in [0.4, 0.5) is 0 Å². The number of rotatable bonds is 3. The fourth-order valence-electron chi connectivity index (χ4n) is 2.51. The third kappa shape index (κ3) is 3.98. The molecule has 0 radical (unpaired) electrons. The molecule has 2 N–H and O–H groups in total. The van der Waals surface area contributed by atoms with Gasteiger partial charge in [0.25, 0.3) is 0 Å². The number of nitrogens with two attached hydrogens (primary N) is 1. The highest BCUT2D eigenvalue weighted by Crippen LogP contribution is 2.24. The van der Waals surface area contributed by atoms with Crippen molar-refractivity contribution in [3.8, 4) is 0 Å². The van der Waals surface area contributed by atoms with Gasteiger partial charge in [-0.25, -0.2) is 0 Å². The summed E-state index contributed by atoms with van der Waals surface area (Å²) < 4.78 is 0. The van der Waals surface area contributed by atoms with E-state index in [1.807, 2.05) is 18.7 Å². The van der Waals surface area contributed by atoms with Crippen LogP contribution in [0.25, 0.3) is 0 Å². The molecule has 0 aliphatic carbocycles. The second-order valence-electron chi connectivity index (χ2n) is 6.03. The van der Waals surface area contributed by atoms with Gasteiger partial charge in [-0.05, 0) is 37.0 Å². The quantitative estimate of drug-likeness (QED) is 0.822. The molecule has 100 valence electrons. The third-order valence-corrected chi connectivity index (χ3v) is 4.03. The van der Waals surface area contributed by atoms with E-state index in [0.29, 0.717) is 0 Å². The summed E-state index contributed by atoms with van der Waals surface area (Å²) in [5.74, 6) is 1.86. The van der Waals surface area contributed by atoms with Crippen LogP contribution in [0.1, 0.15) is 47.0 Å². The van der Waals surface area contributed by atoms with E-state index in [-0.39, 0.29) is 17.9 Å². The summed E-state index contributed by atoms with van der Waals surface area (Å²) in [6.45, 7) is 10.4. The van der Waals surface area contributed by atoms with Crippen LogP contribution in [-0.4, -0.2) is 29.9 Å². The number of nitrogens with zero attached hydrogens (tertiary/aromatic N) is 1. The Bertz CT molecular complexity index is 251. The fourth-order valence-corrected chi connectivity index (χ4v) is 2.51. The second kappa shape index (κ2) is 6.39. The highest BCUT2D eigenvalue weighted by atomic mass is 16.2. The number of hydrogen-bond donors (Lipinski definition) is 1. The smallest absolute Gasteiger partial charge is 0.239 e. The van der Waals surface area contributed by atoms with Crippen molar-refractivity contribution in [3.63, 3.8) is 0 Å². The molecule has 1 rings (SSSR count). The van der Waals surface area contributed by atoms with Gasteiger partial charge in [0.15, 0.2) is 0 Å². The minimum absolute atomic E-state index is 0.143. The van der Waals surface area contributed by atoms with Gasteiger partial charge in [0, 0.05) is 13.1 Å². The molecule has 1 saturated heterocycles. The van der Waals surface area contributed by atoms with Crippen LogP contribution >= 0.6 is 0 Å². The zero-order chi connectivity index (χ0) is 13.0. The number of carbonyl (C=O) groups is 1. The molecule has 1 aliphatic rings. The Morgan fingerprint density at radius 1 is 1.18 bits per heavy atom. The molecule has 0 aromatic heterocycles. The van der Waals surface area contributed by atoms with E-state index in [1.165, 1.54) is 6.42 Å². The van der Waals surface area contributed by atoms with Crippen molar-refractivity contribution in [2.24, 2.45) is 23.5 Å². The predicted molar refractivity (Wildman–Crippen MR) is 71.6 cm³/mol. The van der Waals surface area contributed by atoms with Crippen LogP contribution in [-0.2, 0) is 4.79 Å². The number of likely N-dealkylation sites (tertiary alicyclic amines) is 1. The SMILES string of the molecule is CC(C)C1CCCN(C(=O)[C@@H](N)C(C)C)CC1. The summed E-state index contributed by atoms with van der Waals surface area (Å²) in [5.41, 5.74) is 5.95. The maximum atomic E-state index is 12.2. The lowest BCUT2D eigenvalue weighted by atomic mass is 9.89. The number of carbonyl (C=O) groups excluding carboxylic acids is 1. The van der Waals surface area contributed by atoms with Gasteiger partial charge < -0.3 is 10.6 Å². The molecule has 1 heterocycles. The van der Waals surface area contributed by atoms with Crippen molar-refractivity contribution in [3.05, 3.63) is 0 Å². The molecule has 0 spiro atoms. The maximum absolute atomic E-state index is 12.2. The Labute approximate surface area is 106 Å². The van der Waals surface area contributed by atoms with Crippen LogP contribution < -0.4 is 5.73 Å². The molecule has 3 heteroatoms. The Kier molecular flexibility index (Phi) is 5.44. The van der Waals surface area contributed by atoms with Gasteiger partial charge in [-0.1, -0.05) is 27.7 Å². The summed E-state index contributed by atoms with van der Waals surface area (Å²) in [4.78, 5) is 14.1. The Hall–Kier alpha value is -0.570. The van der Waals surface area contributed by atoms with Crippen molar-refractivity contribution >= 4 is 5.91 Å². The number of amides is 1. The highest BCUT2D eigenvalue weighted by molar-refractivity contribution is 5.81. The van der Waals surface area contributed by atoms with Crippen molar-refractivity contribution in [2.45, 2.75) is 53.0 Å². The van der Waals surface area contributed by atoms with E-state index in [2.05, 4.69) is 13.8 Å². The molecule has 17 heavy (non-hydrogen) atoms. The summed E-state index contributed by atoms with van der Waals surface area (Å²) in [5, 5.41) is 0. The van der Waals surface area contributed by atoms with E-state index >= 15 is 0 Å². The van der Waals surface area contributed by atoms with Gasteiger partial charge in [0.2, 0.25) is 5.91 Å². The molecule has 1 fully saturated rings. The van der Waals surface area contributed by atoms with Crippen molar-refractivity contribution in [1.29, 1.82) is 0 Å². The topological polar surface area (TPSA) is 46.3 Å². The second-order valence-corrected chi connectivity index (χ2v) is 6.03. The van der Waals surface area contributed by atoms with Crippen LogP contribution in [0.15, 0.2) is 0 Å². The van der Waals surface area contributed by atoms with Crippen LogP contribution in [0.3, 0.4) is 0 Å². The van der Waals surface area contributed by atoms with Gasteiger partial charge in [0.1, 0.15) is 0 Å². The molecule has 1 amide bonds. The molecule has 0 saturated carbocycles. The summed E-state index contributed by atoms with van der Waals surface area (Å²) in [6, 6.07) is -0.328. The first kappa shape index (κ1) is 14.5. The summed E-state index contributed by atoms with van der Waals surface area (Å²) in [7, 11) is 0. The van der Waals surface area contributed by atoms with Crippen molar-refractivity contribution in [1.82, 2.24) is 4.90 Å². The van der Waals surface area contributed by atoms with E-state index in [4.69, 9.17) is 5.73 Å². The zero-order valence-corrected chi connectivity index (χ0v) is 11.8. The van der Waals surface area contributed by atoms with Crippen molar-refractivity contribution < 1.29 is 4.79 Å². The van der Waals surface area contributed by atoms with Crippen molar-refractivity contribution in [2.75, 3.05) is 13.1 Å². The predicted octanol–water partition coefficient (Wildman–Crippen LogP) is 2.25. The monoisotopic (exact) mass is 240 g/mol. The fraction of sp³-hybridized carbons (Fsp3) is 0.929. The third-order valence-electron chi connectivity index (χ3n) is 4.03. The zero-order valence-electron chi connectivity index (χ0n) is 11.8. The molecule has 0 bridgehead atoms. The Morgan fingerprint density at radius 2 is 1.82 bits per heavy atom. The average molecular weight is 240 g/mol. The first-order chi connectivity index (χ1) is 7.93. The lowest BCUT2D eigenvalue weighted by molar-refractivity contribution is -0.133. The molecular formula is C14H28N2O. The van der Waals surface area contributed by atoms with Gasteiger partial charge in [-0.15, -0.1) is 0 Å². The minimum atomic E-state index is -0.328. The van der Waals surface area contributed by atoms with Gasteiger partial charge in [-0.3, -0.25) is 4.79 Å². The van der Waals surface area contributed by atoms with Crippen LogP contribution in [0, 0.1) is 17.8 Å². The molecule has 1 aliphatic heterocycles. The molecule has 2 atom stereocenters. The van der Waals surface area contributed by atoms with E-state index < -0.39 is 0 Å². The van der Waals surface area contributed by atoms with Crippen LogP contribution in [0.2, 0.25) is 0 Å². The minimum Gasteiger partial charge on any atom is -0.341 e. The number of hydrogen-bond acceptors (Lipinski definition) is 2. The first-order valence-electron chi connectivity index (χ1n) is 6.97. The molecule has 3 nitrogen and oxygen atoms in total. The molecule has 0 aromatic carbocycles. The van der Waals surface area contributed by atoms with Crippen LogP contribution in [0.5, 0.6) is 0 Å². The molecule has 0 aromatic rings. The van der Waals surface area contributed by atoms with E-state index in [1.54, 1.807) is 0 Å². The van der Waals surface area contributed by atoms with E-state index in [9.17, 15) is 4.79 Å². The highest BCUT2D eigenvalue weighted by Gasteiger charge is 2.26. The van der Waals surface area contributed by atoms with E-state index in [0.717, 1.165) is 37.8 Å². The Balaban J connectivity index is 2.54. The maximum Gasteiger partial charge on any atom is 0.239 e. The standard InChI is InChI=1S/C14H28N2O/c1-10(2)12-6-5-8-16(9-7-12)14(17)13(15)11(3)4/h10-13H,5-9,15H2,1-4H3/t12?,13-/m0/s1. The normalized spacial score (nSPS) is 23.9. The summed E-state index contributed by atoms with van der Waals surface area (Å²) >= 11 is 0. The molecular weight excluding hydrogens is 212 g/mol. The Morgan fingerprint density at radius 3 is 2.35 bits per heavy atom. The van der Waals surface area contributed by atoms with Gasteiger partial charge >= 0.3 is 0 Å². The molecule has 1 unspecified atom stereocenters. The average Bonchev–Trinajstić information content (AvgIpc) is 2.52. The largest absolute Gasteiger partial charge is 0.341 e.